The fourth-order valence-corrected chi connectivity index (χ4v) is 0.575. The van der Waals surface area contributed by atoms with Crippen LogP contribution in [0.4, 0.5) is 0 Å². The number of carbonyl (C=O) groups excluding carboxylic acids is 1. The first kappa shape index (κ1) is 11.0. The fraction of sp³-hybridized carbons (Fsp3) is 0.833. The monoisotopic (exact) mass is 163 g/mol. The molecule has 0 N–H and O–H groups in total. The average Bonchev–Trinajstić information content (AvgIpc) is 1.27. The zero-order chi connectivity index (χ0) is 5.86. The smallest absolute Gasteiger partial charge is 0.300 e. The zero-order valence-electron chi connectivity index (χ0n) is 5.49. The Morgan fingerprint density at radius 1 is 1.50 bits per heavy atom. The van der Waals surface area contributed by atoms with Crippen LogP contribution in [0.25, 0.3) is 0 Å². The van der Waals surface area contributed by atoms with E-state index in [9.17, 15) is 4.79 Å². The number of Topliss-reactive ketones (excluding diaryl/α,β-unsaturated/α-hetero) is 1. The Balaban J connectivity index is 0. The Hall–Kier alpha value is 0.189. The number of hydrogen-bond acceptors (Lipinski definition) is 1. The molecule has 8 heavy (non-hydrogen) atoms. The van der Waals surface area contributed by atoms with E-state index in [0.717, 1.165) is 6.42 Å². The summed E-state index contributed by atoms with van der Waals surface area (Å²) in [4.78, 5) is 10.3. The maximum atomic E-state index is 10.3. The Labute approximate surface area is 61.3 Å². The molecule has 0 bridgehead atoms. The molecule has 0 aromatic carbocycles. The van der Waals surface area contributed by atoms with Gasteiger partial charge in [-0.05, 0) is 12.8 Å². The van der Waals surface area contributed by atoms with Gasteiger partial charge in [0.25, 0.3) is 0 Å². The number of rotatable bonds is 2. The van der Waals surface area contributed by atoms with E-state index >= 15 is 0 Å². The summed E-state index contributed by atoms with van der Waals surface area (Å²) in [6, 6.07) is 0. The van der Waals surface area contributed by atoms with Crippen molar-refractivity contribution in [3.8, 4) is 0 Å². The number of carbonyl (C=O) groups is 1. The van der Waals surface area contributed by atoms with E-state index in [2.05, 4.69) is 0 Å². The van der Waals surface area contributed by atoms with Crippen LogP contribution in [0.1, 0.15) is 27.2 Å². The van der Waals surface area contributed by atoms with E-state index in [0.29, 0.717) is 5.92 Å². The third-order valence-electron chi connectivity index (χ3n) is 0.696. The second-order valence-corrected chi connectivity index (χ2v) is 2.30. The van der Waals surface area contributed by atoms with Gasteiger partial charge in [0.15, 0.2) is 0 Å². The van der Waals surface area contributed by atoms with Crippen LogP contribution in [-0.4, -0.2) is 5.78 Å². The van der Waals surface area contributed by atoms with Gasteiger partial charge < -0.3 is 4.79 Å². The van der Waals surface area contributed by atoms with Crippen molar-refractivity contribution in [2.24, 2.45) is 5.92 Å². The van der Waals surface area contributed by atoms with Gasteiger partial charge in [-0.1, -0.05) is 13.8 Å². The first-order valence-electron chi connectivity index (χ1n) is 2.62. The minimum atomic E-state index is 0. The van der Waals surface area contributed by atoms with Crippen molar-refractivity contribution in [1.29, 1.82) is 0 Å². The Bertz CT molecular complexity index is 68.9. The number of ketones is 1. The summed E-state index contributed by atoms with van der Waals surface area (Å²) in [6.45, 7) is 5.71. The molecule has 0 aromatic heterocycles. The summed E-state index contributed by atoms with van der Waals surface area (Å²) in [5.74, 6) is 0.813. The molecule has 1 nitrogen and oxygen atoms in total. The molecule has 0 amide bonds. The Morgan fingerprint density at radius 3 is 1.88 bits per heavy atom. The van der Waals surface area contributed by atoms with Crippen molar-refractivity contribution in [1.82, 2.24) is 0 Å². The van der Waals surface area contributed by atoms with Gasteiger partial charge in [0.05, 0.1) is 0 Å². The third kappa shape index (κ3) is 9.50. The van der Waals surface area contributed by atoms with Crippen LogP contribution in [0.15, 0.2) is 0 Å². The molecule has 0 fully saturated rings. The molecule has 2 heteroatoms. The topological polar surface area (TPSA) is 17.1 Å². The van der Waals surface area contributed by atoms with Gasteiger partial charge in [-0.25, -0.2) is 0 Å². The van der Waals surface area contributed by atoms with Crippen molar-refractivity contribution >= 4 is 5.78 Å². The average molecular weight is 164 g/mol. The van der Waals surface area contributed by atoms with E-state index < -0.39 is 0 Å². The minimum absolute atomic E-state index is 0. The van der Waals surface area contributed by atoms with Gasteiger partial charge in [0, 0.05) is 6.42 Å². The maximum Gasteiger partial charge on any atom is 2.00 e. The molecule has 0 unspecified atom stereocenters. The van der Waals surface area contributed by atoms with Crippen LogP contribution >= 0.6 is 0 Å². The Morgan fingerprint density at radius 2 is 1.88 bits per heavy atom. The molecule has 0 spiro atoms. The zero-order valence-corrected chi connectivity index (χ0v) is 6.44. The molecule has 1 radical (unpaired) electrons. The van der Waals surface area contributed by atoms with Crippen molar-refractivity contribution in [3.05, 3.63) is 0 Å². The second-order valence-electron chi connectivity index (χ2n) is 2.30. The third-order valence-corrected chi connectivity index (χ3v) is 0.696. The van der Waals surface area contributed by atoms with Crippen LogP contribution < -0.4 is 0 Å². The second kappa shape index (κ2) is 5.33. The quantitative estimate of drug-likeness (QED) is 0.566. The van der Waals surface area contributed by atoms with E-state index in [4.69, 9.17) is 0 Å². The molecule has 0 rings (SSSR count). The normalized spacial score (nSPS) is 8.50. The summed E-state index contributed by atoms with van der Waals surface area (Å²) in [5, 5.41) is 0. The van der Waals surface area contributed by atoms with Crippen LogP contribution in [0.5, 0.6) is 0 Å². The molecule has 0 aliphatic carbocycles. The van der Waals surface area contributed by atoms with Gasteiger partial charge in [-0.15, -0.1) is 0 Å². The van der Waals surface area contributed by atoms with Crippen LogP contribution in [0, 0.1) is 5.92 Å². The predicted octanol–water partition coefficient (Wildman–Crippen LogP) is 1.62. The van der Waals surface area contributed by atoms with Crippen molar-refractivity contribution in [2.45, 2.75) is 27.2 Å². The molecule has 0 heterocycles. The molecule has 0 saturated heterocycles. The molecular weight excluding hydrogens is 152 g/mol. The molecule has 0 aliphatic rings. The van der Waals surface area contributed by atoms with Gasteiger partial charge in [-0.2, -0.15) is 0 Å². The summed E-state index contributed by atoms with van der Waals surface area (Å²) in [5.41, 5.74) is 0. The van der Waals surface area contributed by atoms with Gasteiger partial charge in [0.2, 0.25) is 0 Å². The van der Waals surface area contributed by atoms with E-state index in [1.807, 2.05) is 13.8 Å². The summed E-state index contributed by atoms with van der Waals surface area (Å²) in [7, 11) is 0. The number of hydrogen-bond donors (Lipinski definition) is 0. The largest absolute Gasteiger partial charge is 2.00 e. The van der Waals surface area contributed by atoms with Gasteiger partial charge >= 0.3 is 17.1 Å². The van der Waals surface area contributed by atoms with Gasteiger partial charge in [-0.3, -0.25) is 0 Å². The SMILES string of the molecule is CC(=O)CC(C)C.[Cu+2]. The fourth-order valence-electron chi connectivity index (χ4n) is 0.575. The molecule has 0 aliphatic heterocycles. The van der Waals surface area contributed by atoms with Crippen molar-refractivity contribution < 1.29 is 21.9 Å². The van der Waals surface area contributed by atoms with E-state index in [1.165, 1.54) is 0 Å². The standard InChI is InChI=1S/C6H12O.Cu/c1-5(2)4-6(3)7;/h5H,4H2,1-3H3;/q;+2. The Kier molecular flexibility index (Phi) is 7.36. The molecule has 0 atom stereocenters. The van der Waals surface area contributed by atoms with Crippen LogP contribution in [0.2, 0.25) is 0 Å². The summed E-state index contributed by atoms with van der Waals surface area (Å²) >= 11 is 0. The van der Waals surface area contributed by atoms with E-state index in [-0.39, 0.29) is 22.9 Å². The maximum absolute atomic E-state index is 10.3. The van der Waals surface area contributed by atoms with Crippen molar-refractivity contribution in [2.75, 3.05) is 0 Å². The summed E-state index contributed by atoms with van der Waals surface area (Å²) < 4.78 is 0. The molecule has 51 valence electrons. The molecular formula is C6H12CuO+2. The van der Waals surface area contributed by atoms with Gasteiger partial charge in [0.1, 0.15) is 5.78 Å². The summed E-state index contributed by atoms with van der Waals surface area (Å²) in [6.07, 6.45) is 0.722. The predicted molar refractivity (Wildman–Crippen MR) is 30.1 cm³/mol. The molecule has 0 saturated carbocycles. The molecule has 0 aromatic rings. The van der Waals surface area contributed by atoms with Crippen molar-refractivity contribution in [3.63, 3.8) is 0 Å². The van der Waals surface area contributed by atoms with Crippen LogP contribution in [0.3, 0.4) is 0 Å². The minimum Gasteiger partial charge on any atom is -0.300 e. The first-order chi connectivity index (χ1) is 3.13. The van der Waals surface area contributed by atoms with Crippen LogP contribution in [-0.2, 0) is 21.9 Å². The van der Waals surface area contributed by atoms with E-state index in [1.54, 1.807) is 6.92 Å². The first-order valence-corrected chi connectivity index (χ1v) is 2.62.